The highest BCUT2D eigenvalue weighted by molar-refractivity contribution is 5.28. The number of aryl methyl sites for hydroxylation is 1. The van der Waals surface area contributed by atoms with E-state index in [1.54, 1.807) is 7.11 Å². The summed E-state index contributed by atoms with van der Waals surface area (Å²) in [6.45, 7) is 8.22. The van der Waals surface area contributed by atoms with E-state index in [0.717, 1.165) is 32.7 Å². The summed E-state index contributed by atoms with van der Waals surface area (Å²) in [7, 11) is 3.91. The third-order valence-electron chi connectivity index (χ3n) is 3.49. The Bertz CT molecular complexity index is 354. The predicted molar refractivity (Wildman–Crippen MR) is 81.6 cm³/mol. The average molecular weight is 264 g/mol. The summed E-state index contributed by atoms with van der Waals surface area (Å²) in [5.41, 5.74) is 2.79. The summed E-state index contributed by atoms with van der Waals surface area (Å²) in [6, 6.07) is 9.09. The van der Waals surface area contributed by atoms with E-state index in [1.165, 1.54) is 11.1 Å². The lowest BCUT2D eigenvalue weighted by atomic mass is 9.98. The minimum Gasteiger partial charge on any atom is -0.383 e. The van der Waals surface area contributed by atoms with Crippen LogP contribution in [0.25, 0.3) is 0 Å². The first-order valence-corrected chi connectivity index (χ1v) is 7.15. The van der Waals surface area contributed by atoms with Gasteiger partial charge in [-0.15, -0.1) is 0 Å². The average Bonchev–Trinajstić information content (AvgIpc) is 2.42. The molecule has 1 aromatic rings. The lowest BCUT2D eigenvalue weighted by Gasteiger charge is -2.23. The van der Waals surface area contributed by atoms with Crippen LogP contribution in [0.2, 0.25) is 0 Å². The van der Waals surface area contributed by atoms with Crippen LogP contribution in [0.4, 0.5) is 0 Å². The zero-order valence-corrected chi connectivity index (χ0v) is 12.8. The Hall–Kier alpha value is -0.900. The number of hydrogen-bond acceptors (Lipinski definition) is 3. The maximum absolute atomic E-state index is 5.11. The van der Waals surface area contributed by atoms with Gasteiger partial charge in [-0.3, -0.25) is 0 Å². The SMILES string of the molecule is CCNC(CCN(C)CCOC)c1ccccc1C. The molecule has 0 aromatic heterocycles. The number of rotatable bonds is 9. The zero-order valence-electron chi connectivity index (χ0n) is 12.8. The van der Waals surface area contributed by atoms with Gasteiger partial charge in [0.05, 0.1) is 6.61 Å². The van der Waals surface area contributed by atoms with E-state index in [0.29, 0.717) is 6.04 Å². The van der Waals surface area contributed by atoms with Crippen LogP contribution in [0.3, 0.4) is 0 Å². The van der Waals surface area contributed by atoms with Gasteiger partial charge in [0.15, 0.2) is 0 Å². The quantitative estimate of drug-likeness (QED) is 0.742. The van der Waals surface area contributed by atoms with Gasteiger partial charge < -0.3 is 15.0 Å². The van der Waals surface area contributed by atoms with Crippen molar-refractivity contribution in [1.82, 2.24) is 10.2 Å². The van der Waals surface area contributed by atoms with Crippen molar-refractivity contribution in [2.75, 3.05) is 40.4 Å². The summed E-state index contributed by atoms with van der Waals surface area (Å²) >= 11 is 0. The van der Waals surface area contributed by atoms with Gasteiger partial charge in [0.2, 0.25) is 0 Å². The molecule has 0 heterocycles. The van der Waals surface area contributed by atoms with Crippen molar-refractivity contribution < 1.29 is 4.74 Å². The van der Waals surface area contributed by atoms with Gasteiger partial charge in [0, 0.05) is 19.7 Å². The Balaban J connectivity index is 2.56. The van der Waals surface area contributed by atoms with Gasteiger partial charge in [-0.2, -0.15) is 0 Å². The van der Waals surface area contributed by atoms with Crippen LogP contribution < -0.4 is 5.32 Å². The predicted octanol–water partition coefficient (Wildman–Crippen LogP) is 2.61. The van der Waals surface area contributed by atoms with Crippen LogP contribution in [0.1, 0.15) is 30.5 Å². The fourth-order valence-electron chi connectivity index (χ4n) is 2.30. The molecule has 0 aliphatic rings. The van der Waals surface area contributed by atoms with E-state index < -0.39 is 0 Å². The second-order valence-corrected chi connectivity index (χ2v) is 5.05. The molecule has 3 nitrogen and oxygen atoms in total. The van der Waals surface area contributed by atoms with Gasteiger partial charge in [-0.25, -0.2) is 0 Å². The molecule has 0 aliphatic carbocycles. The summed E-state index contributed by atoms with van der Waals surface area (Å²) in [4.78, 5) is 2.33. The van der Waals surface area contributed by atoms with Crippen molar-refractivity contribution in [3.05, 3.63) is 35.4 Å². The summed E-state index contributed by atoms with van der Waals surface area (Å²) in [5.74, 6) is 0. The van der Waals surface area contributed by atoms with Crippen LogP contribution in [0.5, 0.6) is 0 Å². The van der Waals surface area contributed by atoms with Crippen molar-refractivity contribution in [3.8, 4) is 0 Å². The van der Waals surface area contributed by atoms with Crippen molar-refractivity contribution in [2.45, 2.75) is 26.3 Å². The van der Waals surface area contributed by atoms with E-state index in [4.69, 9.17) is 4.74 Å². The van der Waals surface area contributed by atoms with Crippen molar-refractivity contribution in [2.24, 2.45) is 0 Å². The van der Waals surface area contributed by atoms with Gasteiger partial charge in [0.1, 0.15) is 0 Å². The molecule has 108 valence electrons. The summed E-state index contributed by atoms with van der Waals surface area (Å²) in [5, 5.41) is 3.59. The number of hydrogen-bond donors (Lipinski definition) is 1. The fourth-order valence-corrected chi connectivity index (χ4v) is 2.30. The Morgan fingerprint density at radius 2 is 2.00 bits per heavy atom. The second kappa shape index (κ2) is 9.08. The normalized spacial score (nSPS) is 12.9. The molecule has 1 N–H and O–H groups in total. The van der Waals surface area contributed by atoms with E-state index in [9.17, 15) is 0 Å². The van der Waals surface area contributed by atoms with E-state index in [1.807, 2.05) is 0 Å². The number of benzene rings is 1. The molecular formula is C16H28N2O. The lowest BCUT2D eigenvalue weighted by molar-refractivity contribution is 0.159. The Kier molecular flexibility index (Phi) is 7.72. The van der Waals surface area contributed by atoms with Crippen LogP contribution in [0, 0.1) is 6.92 Å². The van der Waals surface area contributed by atoms with Gasteiger partial charge in [-0.05, 0) is 44.6 Å². The number of likely N-dealkylation sites (N-methyl/N-ethyl adjacent to an activating group) is 1. The molecule has 0 bridgehead atoms. The van der Waals surface area contributed by atoms with Gasteiger partial charge in [-0.1, -0.05) is 31.2 Å². The summed E-state index contributed by atoms with van der Waals surface area (Å²) in [6.07, 6.45) is 1.12. The molecule has 0 aliphatic heterocycles. The molecule has 1 unspecified atom stereocenters. The molecule has 0 spiro atoms. The lowest BCUT2D eigenvalue weighted by Crippen LogP contribution is -2.29. The Labute approximate surface area is 118 Å². The topological polar surface area (TPSA) is 24.5 Å². The number of ether oxygens (including phenoxy) is 1. The molecule has 0 saturated heterocycles. The second-order valence-electron chi connectivity index (χ2n) is 5.05. The highest BCUT2D eigenvalue weighted by Gasteiger charge is 2.12. The highest BCUT2D eigenvalue weighted by atomic mass is 16.5. The largest absolute Gasteiger partial charge is 0.383 e. The molecule has 0 fully saturated rings. The molecular weight excluding hydrogens is 236 g/mol. The van der Waals surface area contributed by atoms with Crippen LogP contribution in [0.15, 0.2) is 24.3 Å². The molecule has 0 radical (unpaired) electrons. The standard InChI is InChI=1S/C16H28N2O/c1-5-17-16(10-11-18(3)12-13-19-4)15-9-7-6-8-14(15)2/h6-9,16-17H,5,10-13H2,1-4H3. The highest BCUT2D eigenvalue weighted by Crippen LogP contribution is 2.20. The van der Waals surface area contributed by atoms with E-state index in [2.05, 4.69) is 55.4 Å². The van der Waals surface area contributed by atoms with Crippen LogP contribution in [-0.2, 0) is 4.74 Å². The monoisotopic (exact) mass is 264 g/mol. The van der Waals surface area contributed by atoms with E-state index >= 15 is 0 Å². The maximum atomic E-state index is 5.11. The van der Waals surface area contributed by atoms with Crippen LogP contribution in [-0.4, -0.2) is 45.3 Å². The Morgan fingerprint density at radius 3 is 2.63 bits per heavy atom. The third-order valence-corrected chi connectivity index (χ3v) is 3.49. The minimum atomic E-state index is 0.441. The van der Waals surface area contributed by atoms with Gasteiger partial charge in [0.25, 0.3) is 0 Å². The zero-order chi connectivity index (χ0) is 14.1. The van der Waals surface area contributed by atoms with Crippen LogP contribution >= 0.6 is 0 Å². The summed E-state index contributed by atoms with van der Waals surface area (Å²) < 4.78 is 5.11. The van der Waals surface area contributed by atoms with Crippen molar-refractivity contribution >= 4 is 0 Å². The number of methoxy groups -OCH3 is 1. The molecule has 1 atom stereocenters. The first-order chi connectivity index (χ1) is 9.19. The third kappa shape index (κ3) is 5.72. The van der Waals surface area contributed by atoms with E-state index in [-0.39, 0.29) is 0 Å². The maximum Gasteiger partial charge on any atom is 0.0589 e. The first-order valence-electron chi connectivity index (χ1n) is 7.15. The fraction of sp³-hybridized carbons (Fsp3) is 0.625. The molecule has 3 heteroatoms. The van der Waals surface area contributed by atoms with Crippen molar-refractivity contribution in [1.29, 1.82) is 0 Å². The molecule has 1 aromatic carbocycles. The van der Waals surface area contributed by atoms with Crippen molar-refractivity contribution in [3.63, 3.8) is 0 Å². The molecule has 0 amide bonds. The van der Waals surface area contributed by atoms with Gasteiger partial charge >= 0.3 is 0 Å². The molecule has 1 rings (SSSR count). The molecule has 19 heavy (non-hydrogen) atoms. The molecule has 0 saturated carbocycles. The number of nitrogens with zero attached hydrogens (tertiary/aromatic N) is 1. The minimum absolute atomic E-state index is 0.441. The smallest absolute Gasteiger partial charge is 0.0589 e. The number of nitrogens with one attached hydrogen (secondary N) is 1. The first kappa shape index (κ1) is 16.2. The Morgan fingerprint density at radius 1 is 1.26 bits per heavy atom.